The van der Waals surface area contributed by atoms with E-state index in [1.165, 1.54) is 0 Å². The van der Waals surface area contributed by atoms with Gasteiger partial charge in [0.2, 0.25) is 0 Å². The summed E-state index contributed by atoms with van der Waals surface area (Å²) in [7, 11) is 1.62. The van der Waals surface area contributed by atoms with E-state index in [0.29, 0.717) is 39.1 Å². The molecule has 0 heterocycles. The van der Waals surface area contributed by atoms with E-state index in [1.807, 2.05) is 6.92 Å². The lowest BCUT2D eigenvalue weighted by Crippen LogP contribution is -2.38. The second kappa shape index (κ2) is 8.50. The fourth-order valence-corrected chi connectivity index (χ4v) is 1.53. The average Bonchev–Trinajstić information content (AvgIpc) is 2.28. The van der Waals surface area contributed by atoms with Gasteiger partial charge in [0.25, 0.3) is 0 Å². The Hall–Kier alpha value is -0.650. The first-order valence-electron chi connectivity index (χ1n) is 5.63. The zero-order valence-electron chi connectivity index (χ0n) is 10.2. The van der Waals surface area contributed by atoms with Crippen molar-refractivity contribution in [2.75, 3.05) is 33.5 Å². The first kappa shape index (κ1) is 15.3. The Balaban J connectivity index is 3.81. The molecule has 0 saturated carbocycles. The molecule has 0 aromatic carbocycles. The van der Waals surface area contributed by atoms with Gasteiger partial charge in [-0.25, -0.2) is 0 Å². The molecule has 0 aromatic rings. The standard InChI is InChI=1S/C11H23NO4/c1-3-11(9-12,10(13)14)5-4-6-16-8-7-15-2/h3-9,12H2,1-2H3,(H,13,14). The van der Waals surface area contributed by atoms with Crippen LogP contribution in [0.4, 0.5) is 0 Å². The van der Waals surface area contributed by atoms with Gasteiger partial charge in [0.1, 0.15) is 0 Å². The van der Waals surface area contributed by atoms with Crippen LogP contribution in [0.15, 0.2) is 0 Å². The minimum absolute atomic E-state index is 0.177. The number of hydrogen-bond acceptors (Lipinski definition) is 4. The molecule has 16 heavy (non-hydrogen) atoms. The summed E-state index contributed by atoms with van der Waals surface area (Å²) in [5, 5.41) is 9.12. The topological polar surface area (TPSA) is 81.8 Å². The Morgan fingerprint density at radius 1 is 1.38 bits per heavy atom. The zero-order chi connectivity index (χ0) is 12.4. The second-order valence-corrected chi connectivity index (χ2v) is 3.85. The first-order chi connectivity index (χ1) is 7.63. The molecule has 0 aliphatic heterocycles. The molecular weight excluding hydrogens is 210 g/mol. The van der Waals surface area contributed by atoms with E-state index < -0.39 is 11.4 Å². The largest absolute Gasteiger partial charge is 0.481 e. The molecule has 0 radical (unpaired) electrons. The molecule has 0 aromatic heterocycles. The molecule has 5 nitrogen and oxygen atoms in total. The van der Waals surface area contributed by atoms with Gasteiger partial charge < -0.3 is 20.3 Å². The summed E-state index contributed by atoms with van der Waals surface area (Å²) in [4.78, 5) is 11.1. The minimum Gasteiger partial charge on any atom is -0.481 e. The van der Waals surface area contributed by atoms with Crippen LogP contribution in [0.25, 0.3) is 0 Å². The van der Waals surface area contributed by atoms with E-state index in [0.717, 1.165) is 0 Å². The normalized spacial score (nSPS) is 14.7. The van der Waals surface area contributed by atoms with Crippen molar-refractivity contribution in [3.63, 3.8) is 0 Å². The highest BCUT2D eigenvalue weighted by Gasteiger charge is 2.34. The Labute approximate surface area is 96.9 Å². The van der Waals surface area contributed by atoms with Gasteiger partial charge >= 0.3 is 5.97 Å². The Kier molecular flexibility index (Phi) is 8.15. The molecule has 0 bridgehead atoms. The zero-order valence-corrected chi connectivity index (χ0v) is 10.2. The number of carboxylic acids is 1. The molecule has 96 valence electrons. The number of rotatable bonds is 10. The number of carboxylic acid groups (broad SMARTS) is 1. The third kappa shape index (κ3) is 4.92. The van der Waals surface area contributed by atoms with Gasteiger partial charge in [0.15, 0.2) is 0 Å². The van der Waals surface area contributed by atoms with Gasteiger partial charge in [-0.1, -0.05) is 6.92 Å². The van der Waals surface area contributed by atoms with Gasteiger partial charge in [0.05, 0.1) is 18.6 Å². The smallest absolute Gasteiger partial charge is 0.310 e. The molecular formula is C11H23NO4. The van der Waals surface area contributed by atoms with E-state index in [1.54, 1.807) is 7.11 Å². The SMILES string of the molecule is CCC(CN)(CCCOCCOC)C(=O)O. The summed E-state index contributed by atoms with van der Waals surface area (Å²) < 4.78 is 10.1. The molecule has 1 atom stereocenters. The molecule has 0 rings (SSSR count). The van der Waals surface area contributed by atoms with Gasteiger partial charge in [-0.15, -0.1) is 0 Å². The number of hydrogen-bond donors (Lipinski definition) is 2. The molecule has 1 unspecified atom stereocenters. The van der Waals surface area contributed by atoms with Crippen molar-refractivity contribution in [3.05, 3.63) is 0 Å². The molecule has 0 fully saturated rings. The van der Waals surface area contributed by atoms with Crippen LogP contribution in [0, 0.1) is 5.41 Å². The summed E-state index contributed by atoms with van der Waals surface area (Å²) >= 11 is 0. The third-order valence-electron chi connectivity index (χ3n) is 2.90. The summed E-state index contributed by atoms with van der Waals surface area (Å²) in [6.07, 6.45) is 1.82. The molecule has 0 aliphatic rings. The monoisotopic (exact) mass is 233 g/mol. The third-order valence-corrected chi connectivity index (χ3v) is 2.90. The Bertz CT molecular complexity index is 192. The quantitative estimate of drug-likeness (QED) is 0.547. The van der Waals surface area contributed by atoms with Crippen molar-refractivity contribution in [2.24, 2.45) is 11.1 Å². The Morgan fingerprint density at radius 3 is 2.50 bits per heavy atom. The van der Waals surface area contributed by atoms with E-state index in [9.17, 15) is 4.79 Å². The summed E-state index contributed by atoms with van der Waals surface area (Å²) in [6, 6.07) is 0. The van der Waals surface area contributed by atoms with Gasteiger partial charge in [0, 0.05) is 20.3 Å². The summed E-state index contributed by atoms with van der Waals surface area (Å²) in [5.41, 5.74) is 4.75. The lowest BCUT2D eigenvalue weighted by Gasteiger charge is -2.26. The lowest BCUT2D eigenvalue weighted by molar-refractivity contribution is -0.149. The molecule has 0 aliphatic carbocycles. The van der Waals surface area contributed by atoms with E-state index in [-0.39, 0.29) is 6.54 Å². The molecule has 3 N–H and O–H groups in total. The summed E-state index contributed by atoms with van der Waals surface area (Å²) in [5.74, 6) is -0.811. The fourth-order valence-electron chi connectivity index (χ4n) is 1.53. The van der Waals surface area contributed by atoms with E-state index >= 15 is 0 Å². The first-order valence-corrected chi connectivity index (χ1v) is 5.63. The van der Waals surface area contributed by atoms with Crippen LogP contribution in [0.1, 0.15) is 26.2 Å². The van der Waals surface area contributed by atoms with Crippen LogP contribution in [0.3, 0.4) is 0 Å². The number of aliphatic carboxylic acids is 1. The maximum atomic E-state index is 11.1. The maximum Gasteiger partial charge on any atom is 0.310 e. The van der Waals surface area contributed by atoms with E-state index in [2.05, 4.69) is 0 Å². The average molecular weight is 233 g/mol. The van der Waals surface area contributed by atoms with E-state index in [4.69, 9.17) is 20.3 Å². The predicted octanol–water partition coefficient (Wildman–Crippen LogP) is 0.869. The van der Waals surface area contributed by atoms with Crippen molar-refractivity contribution < 1.29 is 19.4 Å². The molecule has 0 amide bonds. The molecule has 0 spiro atoms. The highest BCUT2D eigenvalue weighted by atomic mass is 16.5. The van der Waals surface area contributed by atoms with Crippen LogP contribution in [0.5, 0.6) is 0 Å². The summed E-state index contributed by atoms with van der Waals surface area (Å²) in [6.45, 7) is 3.70. The van der Waals surface area contributed by atoms with Crippen molar-refractivity contribution in [1.82, 2.24) is 0 Å². The minimum atomic E-state index is -0.811. The maximum absolute atomic E-state index is 11.1. The number of methoxy groups -OCH3 is 1. The second-order valence-electron chi connectivity index (χ2n) is 3.85. The van der Waals surface area contributed by atoms with Crippen LogP contribution in [-0.2, 0) is 14.3 Å². The van der Waals surface area contributed by atoms with Gasteiger partial charge in [-0.2, -0.15) is 0 Å². The number of ether oxygens (including phenoxy) is 2. The molecule has 0 saturated heterocycles. The lowest BCUT2D eigenvalue weighted by atomic mass is 9.81. The van der Waals surface area contributed by atoms with Gasteiger partial charge in [-0.3, -0.25) is 4.79 Å². The van der Waals surface area contributed by atoms with Crippen molar-refractivity contribution >= 4 is 5.97 Å². The number of nitrogens with two attached hydrogens (primary N) is 1. The van der Waals surface area contributed by atoms with Crippen LogP contribution in [-0.4, -0.2) is 44.6 Å². The van der Waals surface area contributed by atoms with Crippen molar-refractivity contribution in [1.29, 1.82) is 0 Å². The van der Waals surface area contributed by atoms with Crippen molar-refractivity contribution in [3.8, 4) is 0 Å². The highest BCUT2D eigenvalue weighted by Crippen LogP contribution is 2.27. The van der Waals surface area contributed by atoms with Gasteiger partial charge in [-0.05, 0) is 19.3 Å². The fraction of sp³-hybridized carbons (Fsp3) is 0.909. The number of carbonyl (C=O) groups is 1. The Morgan fingerprint density at radius 2 is 2.06 bits per heavy atom. The molecule has 5 heteroatoms. The van der Waals surface area contributed by atoms with Crippen LogP contribution >= 0.6 is 0 Å². The predicted molar refractivity (Wildman–Crippen MR) is 61.3 cm³/mol. The highest BCUT2D eigenvalue weighted by molar-refractivity contribution is 5.74. The van der Waals surface area contributed by atoms with Crippen molar-refractivity contribution in [2.45, 2.75) is 26.2 Å². The van der Waals surface area contributed by atoms with Crippen LogP contribution < -0.4 is 5.73 Å². The van der Waals surface area contributed by atoms with Crippen LogP contribution in [0.2, 0.25) is 0 Å².